The van der Waals surface area contributed by atoms with Crippen molar-refractivity contribution in [2.45, 2.75) is 6.42 Å². The van der Waals surface area contributed by atoms with E-state index in [9.17, 15) is 19.7 Å². The molecule has 1 heterocycles. The Balaban J connectivity index is 2.73. The van der Waals surface area contributed by atoms with E-state index >= 15 is 0 Å². The van der Waals surface area contributed by atoms with Crippen LogP contribution in [0.1, 0.15) is 5.89 Å². The number of rotatable bonds is 3. The quantitative estimate of drug-likeness (QED) is 0.628. The van der Waals surface area contributed by atoms with Crippen molar-refractivity contribution in [2.75, 3.05) is 0 Å². The molecule has 18 heavy (non-hydrogen) atoms. The first-order valence-corrected chi connectivity index (χ1v) is 4.78. The number of hydrogen-bond acceptors (Lipinski definition) is 6. The average Bonchev–Trinajstić information content (AvgIpc) is 2.26. The van der Waals surface area contributed by atoms with Crippen LogP contribution >= 0.6 is 0 Å². The summed E-state index contributed by atoms with van der Waals surface area (Å²) in [6.07, 6.45) is -0.562. The van der Waals surface area contributed by atoms with Crippen LogP contribution in [0.25, 0.3) is 10.9 Å². The SMILES string of the molecule is O=C(O)Cc1nc2cccc([N+](=O)[O-])c2c(=O)o1. The third-order valence-corrected chi connectivity index (χ3v) is 2.18. The highest BCUT2D eigenvalue weighted by Crippen LogP contribution is 2.20. The topological polar surface area (TPSA) is 124 Å². The average molecular weight is 250 g/mol. The number of nitrogens with zero attached hydrogens (tertiary/aromatic N) is 2. The van der Waals surface area contributed by atoms with E-state index < -0.39 is 28.6 Å². The van der Waals surface area contributed by atoms with Gasteiger partial charge in [-0.15, -0.1) is 0 Å². The molecule has 1 N–H and O–H groups in total. The predicted molar refractivity (Wildman–Crippen MR) is 58.3 cm³/mol. The lowest BCUT2D eigenvalue weighted by atomic mass is 10.2. The fraction of sp³-hybridized carbons (Fsp3) is 0.100. The van der Waals surface area contributed by atoms with Crippen LogP contribution in [0.15, 0.2) is 27.4 Å². The molecule has 0 aliphatic rings. The molecule has 0 aliphatic heterocycles. The van der Waals surface area contributed by atoms with Gasteiger partial charge in [0.1, 0.15) is 6.42 Å². The lowest BCUT2D eigenvalue weighted by Crippen LogP contribution is -2.10. The monoisotopic (exact) mass is 250 g/mol. The Morgan fingerprint density at radius 3 is 2.83 bits per heavy atom. The minimum Gasteiger partial charge on any atom is -0.481 e. The number of non-ortho nitro benzene ring substituents is 1. The predicted octanol–water partition coefficient (Wildman–Crippen LogP) is 0.723. The normalized spacial score (nSPS) is 10.4. The molecular formula is C10H6N2O6. The summed E-state index contributed by atoms with van der Waals surface area (Å²) in [5, 5.41) is 19.0. The number of hydrogen-bond donors (Lipinski definition) is 1. The number of nitro benzene ring substituents is 1. The van der Waals surface area contributed by atoms with Crippen molar-refractivity contribution in [1.29, 1.82) is 0 Å². The van der Waals surface area contributed by atoms with Crippen molar-refractivity contribution < 1.29 is 19.2 Å². The summed E-state index contributed by atoms with van der Waals surface area (Å²) < 4.78 is 4.64. The number of carboxylic acids is 1. The fourth-order valence-corrected chi connectivity index (χ4v) is 1.50. The van der Waals surface area contributed by atoms with Crippen molar-refractivity contribution in [3.05, 3.63) is 44.6 Å². The molecule has 1 aromatic heterocycles. The maximum Gasteiger partial charge on any atom is 0.353 e. The summed E-state index contributed by atoms with van der Waals surface area (Å²) in [6, 6.07) is 3.89. The first-order valence-electron chi connectivity index (χ1n) is 4.78. The van der Waals surface area contributed by atoms with E-state index in [4.69, 9.17) is 5.11 Å². The lowest BCUT2D eigenvalue weighted by molar-refractivity contribution is -0.383. The van der Waals surface area contributed by atoms with Gasteiger partial charge in [0, 0.05) is 6.07 Å². The van der Waals surface area contributed by atoms with Gasteiger partial charge in [0.2, 0.25) is 5.89 Å². The van der Waals surface area contributed by atoms with Gasteiger partial charge in [0.25, 0.3) is 5.69 Å². The molecule has 0 saturated heterocycles. The van der Waals surface area contributed by atoms with E-state index in [1.165, 1.54) is 12.1 Å². The summed E-state index contributed by atoms with van der Waals surface area (Å²) in [5.74, 6) is -1.50. The summed E-state index contributed by atoms with van der Waals surface area (Å²) in [7, 11) is 0. The zero-order chi connectivity index (χ0) is 13.3. The summed E-state index contributed by atoms with van der Waals surface area (Å²) >= 11 is 0. The zero-order valence-electron chi connectivity index (χ0n) is 8.82. The third kappa shape index (κ3) is 2.03. The number of nitro groups is 1. The molecule has 0 fully saturated rings. The van der Waals surface area contributed by atoms with Crippen LogP contribution in [0.4, 0.5) is 5.69 Å². The summed E-state index contributed by atoms with van der Waals surface area (Å²) in [4.78, 5) is 35.9. The number of fused-ring (bicyclic) bond motifs is 1. The maximum absolute atomic E-state index is 11.6. The molecule has 0 radical (unpaired) electrons. The Hall–Kier alpha value is -2.77. The van der Waals surface area contributed by atoms with Crippen LogP contribution in [-0.4, -0.2) is 21.0 Å². The van der Waals surface area contributed by atoms with E-state index in [-0.39, 0.29) is 16.8 Å². The molecule has 2 rings (SSSR count). The van der Waals surface area contributed by atoms with E-state index in [0.29, 0.717) is 0 Å². The van der Waals surface area contributed by atoms with E-state index in [2.05, 4.69) is 9.40 Å². The largest absolute Gasteiger partial charge is 0.481 e. The van der Waals surface area contributed by atoms with E-state index in [1.54, 1.807) is 0 Å². The minimum absolute atomic E-state index is 0.0386. The Kier molecular flexibility index (Phi) is 2.76. The van der Waals surface area contributed by atoms with Gasteiger partial charge in [-0.2, -0.15) is 0 Å². The number of carboxylic acid groups (broad SMARTS) is 1. The highest BCUT2D eigenvalue weighted by atomic mass is 16.6. The van der Waals surface area contributed by atoms with Gasteiger partial charge in [0.05, 0.1) is 10.4 Å². The molecule has 0 atom stereocenters. The van der Waals surface area contributed by atoms with Gasteiger partial charge in [0.15, 0.2) is 5.39 Å². The van der Waals surface area contributed by atoms with Crippen LogP contribution < -0.4 is 5.63 Å². The summed E-state index contributed by atoms with van der Waals surface area (Å²) in [5.41, 5.74) is -1.35. The van der Waals surface area contributed by atoms with Crippen molar-refractivity contribution in [3.63, 3.8) is 0 Å². The minimum atomic E-state index is -1.21. The van der Waals surface area contributed by atoms with Crippen LogP contribution in [0.5, 0.6) is 0 Å². The molecule has 0 amide bonds. The van der Waals surface area contributed by atoms with Gasteiger partial charge in [-0.1, -0.05) is 6.07 Å². The number of carbonyl (C=O) groups is 1. The van der Waals surface area contributed by atoms with Gasteiger partial charge in [-0.05, 0) is 6.07 Å². The van der Waals surface area contributed by atoms with Crippen LogP contribution in [-0.2, 0) is 11.2 Å². The second-order valence-corrected chi connectivity index (χ2v) is 3.39. The first-order chi connectivity index (χ1) is 8.49. The lowest BCUT2D eigenvalue weighted by Gasteiger charge is -1.99. The maximum atomic E-state index is 11.6. The molecule has 92 valence electrons. The number of aromatic nitrogens is 1. The smallest absolute Gasteiger partial charge is 0.353 e. The molecule has 1 aromatic carbocycles. The van der Waals surface area contributed by atoms with Crippen LogP contribution in [0.2, 0.25) is 0 Å². The number of benzene rings is 1. The molecule has 8 heteroatoms. The summed E-state index contributed by atoms with van der Waals surface area (Å²) in [6.45, 7) is 0. The number of aliphatic carboxylic acids is 1. The standard InChI is InChI=1S/C10H6N2O6/c13-8(14)4-7-11-5-2-1-3-6(12(16)17)9(5)10(15)18-7/h1-3H,4H2,(H,13,14). The second kappa shape index (κ2) is 4.24. The van der Waals surface area contributed by atoms with E-state index in [0.717, 1.165) is 6.07 Å². The van der Waals surface area contributed by atoms with Gasteiger partial charge < -0.3 is 9.52 Å². The van der Waals surface area contributed by atoms with Crippen molar-refractivity contribution >= 4 is 22.6 Å². The Bertz CT molecular complexity index is 705. The zero-order valence-corrected chi connectivity index (χ0v) is 8.82. The van der Waals surface area contributed by atoms with Gasteiger partial charge >= 0.3 is 11.6 Å². The van der Waals surface area contributed by atoms with E-state index in [1.807, 2.05) is 0 Å². The third-order valence-electron chi connectivity index (χ3n) is 2.18. The molecule has 2 aromatic rings. The molecule has 0 saturated carbocycles. The van der Waals surface area contributed by atoms with Gasteiger partial charge in [-0.3, -0.25) is 14.9 Å². The first kappa shape index (κ1) is 11.7. The van der Waals surface area contributed by atoms with Crippen LogP contribution in [0, 0.1) is 10.1 Å². The molecule has 0 unspecified atom stereocenters. The van der Waals surface area contributed by atoms with Crippen molar-refractivity contribution in [2.24, 2.45) is 0 Å². The molecule has 0 aliphatic carbocycles. The molecular weight excluding hydrogens is 244 g/mol. The Labute approximate surface area is 98.6 Å². The highest BCUT2D eigenvalue weighted by Gasteiger charge is 2.18. The highest BCUT2D eigenvalue weighted by molar-refractivity contribution is 5.86. The van der Waals surface area contributed by atoms with Gasteiger partial charge in [-0.25, -0.2) is 9.78 Å². The second-order valence-electron chi connectivity index (χ2n) is 3.39. The Morgan fingerprint density at radius 1 is 1.50 bits per heavy atom. The molecule has 0 bridgehead atoms. The van der Waals surface area contributed by atoms with Crippen LogP contribution in [0.3, 0.4) is 0 Å². The van der Waals surface area contributed by atoms with Crippen molar-refractivity contribution in [3.8, 4) is 0 Å². The molecule has 8 nitrogen and oxygen atoms in total. The Morgan fingerprint density at radius 2 is 2.22 bits per heavy atom. The van der Waals surface area contributed by atoms with Crippen molar-refractivity contribution in [1.82, 2.24) is 4.98 Å². The fourth-order valence-electron chi connectivity index (χ4n) is 1.50. The molecule has 0 spiro atoms.